The molecule has 0 aliphatic carbocycles. The molecule has 144 valence electrons. The molecule has 27 heavy (non-hydrogen) atoms. The summed E-state index contributed by atoms with van der Waals surface area (Å²) in [4.78, 5) is 12.8. The van der Waals surface area contributed by atoms with Gasteiger partial charge in [-0.2, -0.15) is 0 Å². The van der Waals surface area contributed by atoms with Crippen LogP contribution in [0, 0.1) is 0 Å². The second-order valence-electron chi connectivity index (χ2n) is 7.04. The zero-order chi connectivity index (χ0) is 19.7. The highest BCUT2D eigenvalue weighted by Gasteiger charge is 2.54. The van der Waals surface area contributed by atoms with Crippen molar-refractivity contribution in [1.29, 1.82) is 0 Å². The smallest absolute Gasteiger partial charge is 0.249 e. The molecule has 0 spiro atoms. The summed E-state index contributed by atoms with van der Waals surface area (Å²) in [5.41, 5.74) is 1.11. The second-order valence-corrected chi connectivity index (χ2v) is 9.33. The monoisotopic (exact) mass is 388 g/mol. The number of carbonyl (C=O) groups is 1. The van der Waals surface area contributed by atoms with E-state index in [1.54, 1.807) is 48.5 Å². The first kappa shape index (κ1) is 19.2. The second kappa shape index (κ2) is 7.23. The number of amides is 1. The van der Waals surface area contributed by atoms with Gasteiger partial charge in [0.05, 0.1) is 11.8 Å². The van der Waals surface area contributed by atoms with Gasteiger partial charge in [0.15, 0.2) is 4.75 Å². The summed E-state index contributed by atoms with van der Waals surface area (Å²) in [6.45, 7) is 5.62. The number of sulfonamides is 1. The SMILES string of the molecule is CC(C)Oc1ccc(NC(=O)[C@]2(C)CCN(c3ccccc3)S2(=O)=O)cc1. The molecule has 1 atom stereocenters. The standard InChI is InChI=1S/C20H24N2O4S/c1-15(2)26-18-11-9-16(10-12-18)21-19(23)20(3)13-14-22(27(20,24)25)17-7-5-4-6-8-17/h4-12,15H,13-14H2,1-3H3,(H,21,23)/t20-/m0/s1. The maximum Gasteiger partial charge on any atom is 0.249 e. The lowest BCUT2D eigenvalue weighted by Crippen LogP contribution is -2.47. The van der Waals surface area contributed by atoms with Crippen LogP contribution in [0.1, 0.15) is 27.2 Å². The average Bonchev–Trinajstić information content (AvgIpc) is 2.87. The van der Waals surface area contributed by atoms with Gasteiger partial charge in [0.1, 0.15) is 5.75 Å². The van der Waals surface area contributed by atoms with Crippen molar-refractivity contribution in [1.82, 2.24) is 0 Å². The molecule has 3 rings (SSSR count). The van der Waals surface area contributed by atoms with Crippen molar-refractivity contribution in [3.63, 3.8) is 0 Å². The summed E-state index contributed by atoms with van der Waals surface area (Å²) < 4.78 is 31.5. The summed E-state index contributed by atoms with van der Waals surface area (Å²) in [5, 5.41) is 2.73. The number of nitrogens with zero attached hydrogens (tertiary/aromatic N) is 1. The lowest BCUT2D eigenvalue weighted by atomic mass is 10.1. The number of anilines is 2. The van der Waals surface area contributed by atoms with Crippen LogP contribution in [0.3, 0.4) is 0 Å². The number of ether oxygens (including phenoxy) is 1. The van der Waals surface area contributed by atoms with Gasteiger partial charge in [-0.3, -0.25) is 9.10 Å². The third kappa shape index (κ3) is 3.64. The normalized spacial score (nSPS) is 21.3. The van der Waals surface area contributed by atoms with E-state index >= 15 is 0 Å². The minimum Gasteiger partial charge on any atom is -0.491 e. The Morgan fingerprint density at radius 2 is 1.74 bits per heavy atom. The van der Waals surface area contributed by atoms with Crippen LogP contribution >= 0.6 is 0 Å². The van der Waals surface area contributed by atoms with Gasteiger partial charge in [-0.05, 0) is 63.6 Å². The molecule has 2 aromatic carbocycles. The molecule has 1 amide bonds. The summed E-state index contributed by atoms with van der Waals surface area (Å²) in [7, 11) is -3.83. The molecule has 1 fully saturated rings. The molecule has 0 saturated carbocycles. The number of para-hydroxylation sites is 1. The van der Waals surface area contributed by atoms with Crippen LogP contribution in [0.4, 0.5) is 11.4 Å². The van der Waals surface area contributed by atoms with Crippen LogP contribution in [0.25, 0.3) is 0 Å². The highest BCUT2D eigenvalue weighted by molar-refractivity contribution is 7.95. The zero-order valence-corrected chi connectivity index (χ0v) is 16.5. The first-order valence-electron chi connectivity index (χ1n) is 8.89. The summed E-state index contributed by atoms with van der Waals surface area (Å²) >= 11 is 0. The van der Waals surface area contributed by atoms with Gasteiger partial charge in [-0.1, -0.05) is 18.2 Å². The molecule has 0 bridgehead atoms. The Balaban J connectivity index is 1.78. The Labute approximate surface area is 160 Å². The van der Waals surface area contributed by atoms with Crippen LogP contribution in [0.5, 0.6) is 5.75 Å². The van der Waals surface area contributed by atoms with E-state index < -0.39 is 20.7 Å². The fraction of sp³-hybridized carbons (Fsp3) is 0.350. The van der Waals surface area contributed by atoms with Crippen molar-refractivity contribution >= 4 is 27.3 Å². The topological polar surface area (TPSA) is 75.7 Å². The van der Waals surface area contributed by atoms with Crippen LogP contribution in [-0.2, 0) is 14.8 Å². The quantitative estimate of drug-likeness (QED) is 0.852. The third-order valence-electron chi connectivity index (χ3n) is 4.66. The van der Waals surface area contributed by atoms with Crippen LogP contribution in [0.15, 0.2) is 54.6 Å². The van der Waals surface area contributed by atoms with Crippen molar-refractivity contribution < 1.29 is 17.9 Å². The molecule has 1 aliphatic rings. The number of benzene rings is 2. The van der Waals surface area contributed by atoms with Crippen LogP contribution in [0.2, 0.25) is 0 Å². The molecule has 1 saturated heterocycles. The van der Waals surface area contributed by atoms with Crippen molar-refractivity contribution in [2.75, 3.05) is 16.2 Å². The van der Waals surface area contributed by atoms with E-state index in [1.165, 1.54) is 11.2 Å². The lowest BCUT2D eigenvalue weighted by molar-refractivity contribution is -0.118. The number of carbonyl (C=O) groups excluding carboxylic acids is 1. The third-order valence-corrected chi connectivity index (χ3v) is 7.16. The van der Waals surface area contributed by atoms with Crippen molar-refractivity contribution in [2.24, 2.45) is 0 Å². The Bertz CT molecular complexity index is 911. The average molecular weight is 388 g/mol. The van der Waals surface area contributed by atoms with E-state index in [9.17, 15) is 13.2 Å². The molecule has 2 aromatic rings. The van der Waals surface area contributed by atoms with Crippen LogP contribution in [-0.4, -0.2) is 31.7 Å². The molecular weight excluding hydrogens is 364 g/mol. The largest absolute Gasteiger partial charge is 0.491 e. The summed E-state index contributed by atoms with van der Waals surface area (Å²) in [6, 6.07) is 15.7. The minimum absolute atomic E-state index is 0.0527. The molecule has 1 N–H and O–H groups in total. The van der Waals surface area contributed by atoms with Gasteiger partial charge in [0, 0.05) is 12.2 Å². The molecule has 0 unspecified atom stereocenters. The number of hydrogen-bond donors (Lipinski definition) is 1. The van der Waals surface area contributed by atoms with Crippen molar-refractivity contribution in [2.45, 2.75) is 38.0 Å². The molecule has 6 nitrogen and oxygen atoms in total. The summed E-state index contributed by atoms with van der Waals surface area (Å²) in [5.74, 6) is 0.163. The maximum absolute atomic E-state index is 13.1. The fourth-order valence-corrected chi connectivity index (χ4v) is 4.90. The van der Waals surface area contributed by atoms with E-state index in [1.807, 2.05) is 19.9 Å². The van der Waals surface area contributed by atoms with E-state index in [0.29, 0.717) is 17.1 Å². The van der Waals surface area contributed by atoms with E-state index in [4.69, 9.17) is 4.74 Å². The fourth-order valence-electron chi connectivity index (χ4n) is 3.05. The van der Waals surface area contributed by atoms with E-state index in [2.05, 4.69) is 5.32 Å². The predicted molar refractivity (Wildman–Crippen MR) is 107 cm³/mol. The molecule has 0 aromatic heterocycles. The minimum atomic E-state index is -3.83. The van der Waals surface area contributed by atoms with Gasteiger partial charge < -0.3 is 10.1 Å². The van der Waals surface area contributed by atoms with E-state index in [-0.39, 0.29) is 19.1 Å². The molecular formula is C20H24N2O4S. The van der Waals surface area contributed by atoms with Crippen molar-refractivity contribution in [3.8, 4) is 5.75 Å². The zero-order valence-electron chi connectivity index (χ0n) is 15.7. The van der Waals surface area contributed by atoms with E-state index in [0.717, 1.165) is 0 Å². The first-order chi connectivity index (χ1) is 12.7. The Morgan fingerprint density at radius 1 is 1.11 bits per heavy atom. The van der Waals surface area contributed by atoms with Gasteiger partial charge in [-0.15, -0.1) is 0 Å². The number of rotatable bonds is 5. The van der Waals surface area contributed by atoms with Crippen LogP contribution < -0.4 is 14.4 Å². The number of hydrogen-bond acceptors (Lipinski definition) is 4. The van der Waals surface area contributed by atoms with Crippen molar-refractivity contribution in [3.05, 3.63) is 54.6 Å². The van der Waals surface area contributed by atoms with Gasteiger partial charge in [-0.25, -0.2) is 8.42 Å². The Morgan fingerprint density at radius 3 is 2.33 bits per heavy atom. The van der Waals surface area contributed by atoms with Gasteiger partial charge >= 0.3 is 0 Å². The maximum atomic E-state index is 13.1. The molecule has 7 heteroatoms. The summed E-state index contributed by atoms with van der Waals surface area (Å²) in [6.07, 6.45) is 0.280. The Hall–Kier alpha value is -2.54. The predicted octanol–water partition coefficient (Wildman–Crippen LogP) is 3.41. The van der Waals surface area contributed by atoms with Gasteiger partial charge in [0.25, 0.3) is 0 Å². The van der Waals surface area contributed by atoms with Gasteiger partial charge in [0.2, 0.25) is 15.9 Å². The highest BCUT2D eigenvalue weighted by Crippen LogP contribution is 2.37. The molecule has 1 heterocycles. The molecule has 1 aliphatic heterocycles. The molecule has 0 radical (unpaired) electrons. The lowest BCUT2D eigenvalue weighted by Gasteiger charge is -2.25. The Kier molecular flexibility index (Phi) is 5.15. The number of nitrogens with one attached hydrogen (secondary N) is 1. The highest BCUT2D eigenvalue weighted by atomic mass is 32.2. The first-order valence-corrected chi connectivity index (χ1v) is 10.3.